The van der Waals surface area contributed by atoms with Crippen molar-refractivity contribution < 1.29 is 8.78 Å². The predicted octanol–water partition coefficient (Wildman–Crippen LogP) is 4.35. The Bertz CT molecular complexity index is 423. The van der Waals surface area contributed by atoms with E-state index in [-0.39, 0.29) is 5.56 Å². The summed E-state index contributed by atoms with van der Waals surface area (Å²) in [5.41, 5.74) is 0.182. The summed E-state index contributed by atoms with van der Waals surface area (Å²) in [7, 11) is 0. The van der Waals surface area contributed by atoms with E-state index in [9.17, 15) is 8.78 Å². The standard InChI is InChI=1S/C14H18BrF2N/c1-2-3-10-6-7-18(8-10)9-11-13(16)5-4-12(15)14(11)17/h4-5,10H,2-3,6-9H2,1H3. The van der Waals surface area contributed by atoms with Crippen molar-refractivity contribution in [3.63, 3.8) is 0 Å². The molecule has 1 atom stereocenters. The Kier molecular flexibility index (Phi) is 4.73. The van der Waals surface area contributed by atoms with E-state index >= 15 is 0 Å². The minimum absolute atomic E-state index is 0.182. The van der Waals surface area contributed by atoms with E-state index in [0.29, 0.717) is 16.9 Å². The van der Waals surface area contributed by atoms with Crippen LogP contribution in [0.5, 0.6) is 0 Å². The Morgan fingerprint density at radius 3 is 2.89 bits per heavy atom. The third-order valence-electron chi connectivity index (χ3n) is 3.59. The van der Waals surface area contributed by atoms with Gasteiger partial charge in [-0.1, -0.05) is 13.3 Å². The molecule has 1 nitrogen and oxygen atoms in total. The lowest BCUT2D eigenvalue weighted by atomic mass is 10.0. The molecule has 0 aromatic heterocycles. The predicted molar refractivity (Wildman–Crippen MR) is 72.4 cm³/mol. The van der Waals surface area contributed by atoms with Crippen molar-refractivity contribution in [1.29, 1.82) is 0 Å². The topological polar surface area (TPSA) is 3.24 Å². The van der Waals surface area contributed by atoms with Crippen LogP contribution in [0.1, 0.15) is 31.7 Å². The van der Waals surface area contributed by atoms with Gasteiger partial charge in [-0.05, 0) is 53.4 Å². The van der Waals surface area contributed by atoms with Gasteiger partial charge in [-0.15, -0.1) is 0 Å². The fraction of sp³-hybridized carbons (Fsp3) is 0.571. The lowest BCUT2D eigenvalue weighted by Crippen LogP contribution is -2.21. The van der Waals surface area contributed by atoms with Gasteiger partial charge in [0, 0.05) is 18.7 Å². The van der Waals surface area contributed by atoms with Gasteiger partial charge >= 0.3 is 0 Å². The van der Waals surface area contributed by atoms with Crippen LogP contribution in [0.25, 0.3) is 0 Å². The van der Waals surface area contributed by atoms with Crippen molar-refractivity contribution >= 4 is 15.9 Å². The molecule has 1 aliphatic heterocycles. The number of likely N-dealkylation sites (tertiary alicyclic amines) is 1. The van der Waals surface area contributed by atoms with Gasteiger partial charge in [0.2, 0.25) is 0 Å². The van der Waals surface area contributed by atoms with Crippen LogP contribution in [0.2, 0.25) is 0 Å². The number of nitrogens with zero attached hydrogens (tertiary/aromatic N) is 1. The number of rotatable bonds is 4. The van der Waals surface area contributed by atoms with Gasteiger partial charge in [0.25, 0.3) is 0 Å². The van der Waals surface area contributed by atoms with E-state index in [0.717, 1.165) is 19.5 Å². The van der Waals surface area contributed by atoms with Crippen molar-refractivity contribution in [3.05, 3.63) is 33.8 Å². The summed E-state index contributed by atoms with van der Waals surface area (Å²) in [6.07, 6.45) is 3.53. The second kappa shape index (κ2) is 6.11. The third kappa shape index (κ3) is 3.09. The van der Waals surface area contributed by atoms with Crippen molar-refractivity contribution in [2.75, 3.05) is 13.1 Å². The fourth-order valence-electron chi connectivity index (χ4n) is 2.64. The quantitative estimate of drug-likeness (QED) is 0.746. The number of hydrogen-bond acceptors (Lipinski definition) is 1. The van der Waals surface area contributed by atoms with Crippen molar-refractivity contribution in [2.24, 2.45) is 5.92 Å². The molecule has 1 unspecified atom stereocenters. The Labute approximate surface area is 115 Å². The number of hydrogen-bond donors (Lipinski definition) is 0. The highest BCUT2D eigenvalue weighted by Crippen LogP contribution is 2.26. The SMILES string of the molecule is CCCC1CCN(Cc2c(F)ccc(Br)c2F)C1. The van der Waals surface area contributed by atoms with E-state index in [1.165, 1.54) is 25.0 Å². The fourth-order valence-corrected chi connectivity index (χ4v) is 3.01. The summed E-state index contributed by atoms with van der Waals surface area (Å²) in [5, 5.41) is 0. The summed E-state index contributed by atoms with van der Waals surface area (Å²) >= 11 is 3.11. The van der Waals surface area contributed by atoms with Crippen LogP contribution in [0.15, 0.2) is 16.6 Å². The normalized spacial score (nSPS) is 20.6. The van der Waals surface area contributed by atoms with Gasteiger partial charge in [-0.2, -0.15) is 0 Å². The van der Waals surface area contributed by atoms with Crippen LogP contribution in [0, 0.1) is 17.6 Å². The average molecular weight is 318 g/mol. The molecule has 0 saturated carbocycles. The number of halogens is 3. The molecule has 0 spiro atoms. The molecule has 4 heteroatoms. The lowest BCUT2D eigenvalue weighted by Gasteiger charge is -2.17. The highest BCUT2D eigenvalue weighted by atomic mass is 79.9. The van der Waals surface area contributed by atoms with Gasteiger partial charge in [0.15, 0.2) is 0 Å². The first-order valence-corrected chi connectivity index (χ1v) is 7.25. The van der Waals surface area contributed by atoms with Crippen molar-refractivity contribution in [2.45, 2.75) is 32.7 Å². The van der Waals surface area contributed by atoms with Crippen LogP contribution >= 0.6 is 15.9 Å². The van der Waals surface area contributed by atoms with Gasteiger partial charge in [-0.3, -0.25) is 4.90 Å². The lowest BCUT2D eigenvalue weighted by molar-refractivity contribution is 0.302. The molecule has 0 radical (unpaired) electrons. The first kappa shape index (κ1) is 13.9. The maximum Gasteiger partial charge on any atom is 0.144 e. The van der Waals surface area contributed by atoms with Crippen LogP contribution < -0.4 is 0 Å². The highest BCUT2D eigenvalue weighted by Gasteiger charge is 2.24. The molecule has 1 saturated heterocycles. The van der Waals surface area contributed by atoms with E-state index < -0.39 is 11.6 Å². The molecule has 1 aliphatic rings. The number of benzene rings is 1. The maximum absolute atomic E-state index is 13.8. The Morgan fingerprint density at radius 2 is 2.17 bits per heavy atom. The second-order valence-corrected chi connectivity index (χ2v) is 5.85. The molecule has 18 heavy (non-hydrogen) atoms. The van der Waals surface area contributed by atoms with Gasteiger partial charge in [0.05, 0.1) is 4.47 Å². The average Bonchev–Trinajstić information content (AvgIpc) is 2.78. The Morgan fingerprint density at radius 1 is 1.39 bits per heavy atom. The maximum atomic E-state index is 13.8. The van der Waals surface area contributed by atoms with E-state index in [2.05, 4.69) is 27.8 Å². The summed E-state index contributed by atoms with van der Waals surface area (Å²) in [6.45, 7) is 4.45. The first-order chi connectivity index (χ1) is 8.61. The smallest absolute Gasteiger partial charge is 0.144 e. The molecule has 1 aromatic carbocycles. The first-order valence-electron chi connectivity index (χ1n) is 6.46. The molecule has 0 bridgehead atoms. The Hall–Kier alpha value is -0.480. The minimum Gasteiger partial charge on any atom is -0.299 e. The van der Waals surface area contributed by atoms with E-state index in [1.807, 2.05) is 0 Å². The van der Waals surface area contributed by atoms with Gasteiger partial charge < -0.3 is 0 Å². The molecule has 0 N–H and O–H groups in total. The molecular weight excluding hydrogens is 300 g/mol. The summed E-state index contributed by atoms with van der Waals surface area (Å²) in [4.78, 5) is 2.15. The van der Waals surface area contributed by atoms with E-state index in [4.69, 9.17) is 0 Å². The summed E-state index contributed by atoms with van der Waals surface area (Å²) in [5.74, 6) is -0.225. The minimum atomic E-state index is -0.464. The van der Waals surface area contributed by atoms with Crippen molar-refractivity contribution in [3.8, 4) is 0 Å². The van der Waals surface area contributed by atoms with Gasteiger partial charge in [0.1, 0.15) is 11.6 Å². The second-order valence-electron chi connectivity index (χ2n) is 5.00. The largest absolute Gasteiger partial charge is 0.299 e. The third-order valence-corrected chi connectivity index (χ3v) is 4.20. The Balaban J connectivity index is 2.04. The van der Waals surface area contributed by atoms with Crippen LogP contribution in [-0.2, 0) is 6.54 Å². The van der Waals surface area contributed by atoms with E-state index in [1.54, 1.807) is 0 Å². The van der Waals surface area contributed by atoms with Gasteiger partial charge in [-0.25, -0.2) is 8.78 Å². The molecular formula is C14H18BrF2N. The van der Waals surface area contributed by atoms with Crippen LogP contribution in [0.3, 0.4) is 0 Å². The van der Waals surface area contributed by atoms with Crippen LogP contribution in [-0.4, -0.2) is 18.0 Å². The zero-order valence-corrected chi connectivity index (χ0v) is 12.1. The summed E-state index contributed by atoms with van der Waals surface area (Å²) in [6, 6.07) is 2.74. The van der Waals surface area contributed by atoms with Crippen molar-refractivity contribution in [1.82, 2.24) is 4.90 Å². The zero-order valence-electron chi connectivity index (χ0n) is 10.6. The highest BCUT2D eigenvalue weighted by molar-refractivity contribution is 9.10. The molecule has 0 aliphatic carbocycles. The zero-order chi connectivity index (χ0) is 13.1. The molecule has 1 fully saturated rings. The summed E-state index contributed by atoms with van der Waals surface area (Å²) < 4.78 is 27.8. The molecule has 0 amide bonds. The van der Waals surface area contributed by atoms with Crippen LogP contribution in [0.4, 0.5) is 8.78 Å². The monoisotopic (exact) mass is 317 g/mol. The molecule has 100 valence electrons. The molecule has 1 heterocycles. The molecule has 2 rings (SSSR count). The molecule has 1 aromatic rings.